The van der Waals surface area contributed by atoms with Gasteiger partial charge in [0.1, 0.15) is 5.82 Å². The zero-order valence-electron chi connectivity index (χ0n) is 17.8. The molecule has 1 aliphatic carbocycles. The van der Waals surface area contributed by atoms with Crippen LogP contribution in [-0.2, 0) is 0 Å². The zero-order valence-corrected chi connectivity index (χ0v) is 17.8. The molecule has 0 heterocycles. The Hall–Kier alpha value is -3.08. The van der Waals surface area contributed by atoms with E-state index in [4.69, 9.17) is 0 Å². The number of hydrogen-bond acceptors (Lipinski definition) is 1. The Labute approximate surface area is 185 Å². The highest BCUT2D eigenvalue weighted by Gasteiger charge is 2.19. The molecule has 0 radical (unpaired) electrons. The van der Waals surface area contributed by atoms with Crippen molar-refractivity contribution in [1.82, 2.24) is 0 Å². The van der Waals surface area contributed by atoms with Gasteiger partial charge in [-0.1, -0.05) is 62.2 Å². The second-order valence-electron chi connectivity index (χ2n) is 8.44. The lowest BCUT2D eigenvalue weighted by atomic mass is 9.79. The molecule has 3 aromatic carbocycles. The van der Waals surface area contributed by atoms with Crippen LogP contribution in [0.4, 0.5) is 17.6 Å². The number of ether oxygens (including phenoxy) is 1. The van der Waals surface area contributed by atoms with Crippen molar-refractivity contribution in [3.05, 3.63) is 90.2 Å². The number of benzene rings is 3. The highest BCUT2D eigenvalue weighted by molar-refractivity contribution is 5.71. The van der Waals surface area contributed by atoms with Gasteiger partial charge in [0, 0.05) is 5.56 Å². The summed E-state index contributed by atoms with van der Waals surface area (Å²) in [6.07, 6.45) is 3.03. The van der Waals surface area contributed by atoms with Gasteiger partial charge in [0.15, 0.2) is 17.8 Å². The third-order valence-corrected chi connectivity index (χ3v) is 6.22. The lowest BCUT2D eigenvalue weighted by Crippen LogP contribution is -2.10. The average molecular weight is 440 g/mol. The fourth-order valence-corrected chi connectivity index (χ4v) is 4.34. The highest BCUT2D eigenvalue weighted by atomic mass is 19.3. The van der Waals surface area contributed by atoms with Gasteiger partial charge in [-0.25, -0.2) is 8.78 Å². The van der Waals surface area contributed by atoms with Crippen LogP contribution in [0.5, 0.6) is 5.75 Å². The van der Waals surface area contributed by atoms with Gasteiger partial charge in [-0.15, -0.1) is 0 Å². The second kappa shape index (κ2) is 9.60. The molecule has 1 nitrogen and oxygen atoms in total. The Morgan fingerprint density at radius 1 is 0.781 bits per heavy atom. The first kappa shape index (κ1) is 22.1. The van der Waals surface area contributed by atoms with Gasteiger partial charge in [0.2, 0.25) is 0 Å². The van der Waals surface area contributed by atoms with Gasteiger partial charge in [-0.2, -0.15) is 8.78 Å². The van der Waals surface area contributed by atoms with Crippen LogP contribution in [0.1, 0.15) is 44.1 Å². The second-order valence-corrected chi connectivity index (χ2v) is 8.44. The number of rotatable bonds is 5. The van der Waals surface area contributed by atoms with Crippen LogP contribution in [0.15, 0.2) is 73.0 Å². The first-order chi connectivity index (χ1) is 15.4. The van der Waals surface area contributed by atoms with Gasteiger partial charge in [0.05, 0.1) is 0 Å². The van der Waals surface area contributed by atoms with Crippen molar-refractivity contribution >= 4 is 0 Å². The quantitative estimate of drug-likeness (QED) is 0.285. The maximum atomic E-state index is 14.9. The molecule has 1 saturated carbocycles. The summed E-state index contributed by atoms with van der Waals surface area (Å²) in [7, 11) is 0. The summed E-state index contributed by atoms with van der Waals surface area (Å²) in [6, 6.07) is 16.8. The minimum atomic E-state index is -2.07. The lowest BCUT2D eigenvalue weighted by molar-refractivity contribution is 0.348. The number of halogens is 4. The molecule has 32 heavy (non-hydrogen) atoms. The minimum Gasteiger partial charge on any atom is -0.456 e. The van der Waals surface area contributed by atoms with Crippen molar-refractivity contribution in [2.24, 2.45) is 5.92 Å². The summed E-state index contributed by atoms with van der Waals surface area (Å²) < 4.78 is 57.8. The van der Waals surface area contributed by atoms with Crippen molar-refractivity contribution in [3.8, 4) is 28.0 Å². The van der Waals surface area contributed by atoms with E-state index in [1.165, 1.54) is 49.4 Å². The van der Waals surface area contributed by atoms with Gasteiger partial charge in [0.25, 0.3) is 0 Å². The van der Waals surface area contributed by atoms with Gasteiger partial charge < -0.3 is 4.74 Å². The first-order valence-electron chi connectivity index (χ1n) is 10.8. The minimum absolute atomic E-state index is 0.160. The van der Waals surface area contributed by atoms with E-state index in [0.29, 0.717) is 11.5 Å². The smallest absolute Gasteiger partial charge is 0.305 e. The van der Waals surface area contributed by atoms with Gasteiger partial charge in [-0.05, 0) is 65.1 Å². The van der Waals surface area contributed by atoms with E-state index in [1.54, 1.807) is 12.1 Å². The van der Waals surface area contributed by atoms with E-state index in [9.17, 15) is 17.6 Å². The predicted molar refractivity (Wildman–Crippen MR) is 119 cm³/mol. The maximum Gasteiger partial charge on any atom is 0.305 e. The SMILES string of the molecule is CC1CCC(c2ccc(-c3ccc(-c4ccc(OC=C(F)F)c(F)c4)c(F)c3)cc2)CC1. The summed E-state index contributed by atoms with van der Waals surface area (Å²) in [5.74, 6) is -0.296. The molecule has 1 aliphatic rings. The number of hydrogen-bond donors (Lipinski definition) is 0. The third-order valence-electron chi connectivity index (χ3n) is 6.22. The Bertz CT molecular complexity index is 1110. The van der Waals surface area contributed by atoms with Crippen LogP contribution < -0.4 is 4.74 Å². The Morgan fingerprint density at radius 3 is 2.03 bits per heavy atom. The van der Waals surface area contributed by atoms with Crippen LogP contribution in [0.3, 0.4) is 0 Å². The molecule has 1 fully saturated rings. The molecule has 4 rings (SSSR count). The van der Waals surface area contributed by atoms with Crippen molar-refractivity contribution in [1.29, 1.82) is 0 Å². The molecule has 0 N–H and O–H groups in total. The Kier molecular flexibility index (Phi) is 6.63. The molecule has 0 unspecified atom stereocenters. The molecule has 0 aliphatic heterocycles. The molecule has 0 bridgehead atoms. The van der Waals surface area contributed by atoms with E-state index < -0.39 is 17.7 Å². The lowest BCUT2D eigenvalue weighted by Gasteiger charge is -2.26. The summed E-state index contributed by atoms with van der Waals surface area (Å²) >= 11 is 0. The summed E-state index contributed by atoms with van der Waals surface area (Å²) in [6.45, 7) is 2.30. The summed E-state index contributed by atoms with van der Waals surface area (Å²) in [5.41, 5.74) is 3.50. The van der Waals surface area contributed by atoms with Gasteiger partial charge in [-0.3, -0.25) is 0 Å². The highest BCUT2D eigenvalue weighted by Crippen LogP contribution is 2.36. The molecular weight excluding hydrogens is 416 g/mol. The fourth-order valence-electron chi connectivity index (χ4n) is 4.34. The third kappa shape index (κ3) is 5.04. The predicted octanol–water partition coefficient (Wildman–Crippen LogP) is 8.71. The fraction of sp³-hybridized carbons (Fsp3) is 0.259. The van der Waals surface area contributed by atoms with Crippen LogP contribution in [0, 0.1) is 17.6 Å². The van der Waals surface area contributed by atoms with Crippen molar-refractivity contribution in [2.75, 3.05) is 0 Å². The normalized spacial score (nSPS) is 18.3. The van der Waals surface area contributed by atoms with Crippen LogP contribution in [0.2, 0.25) is 0 Å². The molecule has 0 spiro atoms. The van der Waals surface area contributed by atoms with Crippen molar-refractivity contribution in [2.45, 2.75) is 38.5 Å². The zero-order chi connectivity index (χ0) is 22.7. The molecular formula is C27H24F4O. The van der Waals surface area contributed by atoms with Crippen molar-refractivity contribution in [3.63, 3.8) is 0 Å². The van der Waals surface area contributed by atoms with E-state index in [2.05, 4.69) is 23.8 Å². The molecule has 5 heteroatoms. The van der Waals surface area contributed by atoms with Crippen molar-refractivity contribution < 1.29 is 22.3 Å². The molecule has 0 atom stereocenters. The first-order valence-corrected chi connectivity index (χ1v) is 10.8. The van der Waals surface area contributed by atoms with E-state index >= 15 is 0 Å². The van der Waals surface area contributed by atoms with Crippen LogP contribution in [-0.4, -0.2) is 0 Å². The molecule has 166 valence electrons. The Morgan fingerprint density at radius 2 is 1.41 bits per heavy atom. The molecule has 0 aromatic heterocycles. The average Bonchev–Trinajstić information content (AvgIpc) is 2.79. The van der Waals surface area contributed by atoms with E-state index in [1.807, 2.05) is 12.1 Å². The molecule has 0 saturated heterocycles. The molecule has 3 aromatic rings. The van der Waals surface area contributed by atoms with Crippen LogP contribution in [0.25, 0.3) is 22.3 Å². The largest absolute Gasteiger partial charge is 0.456 e. The Balaban J connectivity index is 1.52. The van der Waals surface area contributed by atoms with Gasteiger partial charge >= 0.3 is 6.08 Å². The van der Waals surface area contributed by atoms with E-state index in [-0.39, 0.29) is 17.6 Å². The van der Waals surface area contributed by atoms with Crippen LogP contribution >= 0.6 is 0 Å². The summed E-state index contributed by atoms with van der Waals surface area (Å²) in [4.78, 5) is 0. The summed E-state index contributed by atoms with van der Waals surface area (Å²) in [5, 5.41) is 0. The topological polar surface area (TPSA) is 9.23 Å². The maximum absolute atomic E-state index is 14.9. The van der Waals surface area contributed by atoms with E-state index in [0.717, 1.165) is 23.1 Å². The standard InChI is InChI=1S/C27H24F4O/c1-17-2-4-18(5-3-17)19-6-8-20(9-7-19)21-10-12-23(24(28)14-21)22-11-13-26(25(29)15-22)32-16-27(30)31/h6-18H,2-5H2,1H3. The molecule has 0 amide bonds. The monoisotopic (exact) mass is 440 g/mol.